The van der Waals surface area contributed by atoms with Gasteiger partial charge in [0.1, 0.15) is 24.5 Å². The smallest absolute Gasteiger partial charge is 0.325 e. The maximum atomic E-state index is 11.9. The first kappa shape index (κ1) is 17.3. The monoisotopic (exact) mass is 320 g/mol. The molecule has 0 saturated heterocycles. The fourth-order valence-electron chi connectivity index (χ4n) is 2.37. The Kier molecular flexibility index (Phi) is 5.60. The number of carbonyl (C=O) groups excluding carboxylic acids is 2. The molecule has 0 aromatic heterocycles. The molecule has 2 rings (SSSR count). The Bertz CT molecular complexity index is 573. The number of hydrogen-bond donors (Lipinski definition) is 2. The van der Waals surface area contributed by atoms with Crippen LogP contribution in [0.1, 0.15) is 26.3 Å². The standard InChI is InChI=1S/C17H24N2O4/c1-10(2)16(18)17(21)19-9-15(20)23-14-8-12-6-4-5-7-13(12)22-11(14)3/h4-7,10-11,14,16H,8-9,18H2,1-3H3,(H,19,21)/t11?,14?,16-/m0/s1. The molecule has 23 heavy (non-hydrogen) atoms. The number of rotatable bonds is 5. The van der Waals surface area contributed by atoms with Crippen LogP contribution in [0.4, 0.5) is 0 Å². The van der Waals surface area contributed by atoms with Gasteiger partial charge in [-0.3, -0.25) is 9.59 Å². The molecule has 126 valence electrons. The van der Waals surface area contributed by atoms with Crippen molar-refractivity contribution in [3.05, 3.63) is 29.8 Å². The van der Waals surface area contributed by atoms with E-state index in [0.29, 0.717) is 6.42 Å². The highest BCUT2D eigenvalue weighted by atomic mass is 16.6. The Morgan fingerprint density at radius 1 is 1.39 bits per heavy atom. The number of carbonyl (C=O) groups is 2. The zero-order chi connectivity index (χ0) is 17.0. The summed E-state index contributed by atoms with van der Waals surface area (Å²) < 4.78 is 11.2. The van der Waals surface area contributed by atoms with Crippen LogP contribution in [-0.4, -0.2) is 36.7 Å². The molecule has 1 amide bonds. The number of amides is 1. The third kappa shape index (κ3) is 4.45. The topological polar surface area (TPSA) is 90.6 Å². The van der Waals surface area contributed by atoms with Gasteiger partial charge in [-0.25, -0.2) is 0 Å². The average molecular weight is 320 g/mol. The fourth-order valence-corrected chi connectivity index (χ4v) is 2.37. The maximum Gasteiger partial charge on any atom is 0.325 e. The molecule has 1 aliphatic rings. The molecule has 1 heterocycles. The Labute approximate surface area is 136 Å². The quantitative estimate of drug-likeness (QED) is 0.791. The number of esters is 1. The molecule has 6 heteroatoms. The second kappa shape index (κ2) is 7.46. The van der Waals surface area contributed by atoms with Gasteiger partial charge in [0, 0.05) is 6.42 Å². The van der Waals surface area contributed by atoms with Gasteiger partial charge in [0.05, 0.1) is 6.04 Å². The highest BCUT2D eigenvalue weighted by Crippen LogP contribution is 2.28. The molecule has 1 aliphatic heterocycles. The Balaban J connectivity index is 1.85. The second-order valence-electron chi connectivity index (χ2n) is 6.15. The van der Waals surface area contributed by atoms with Crippen molar-refractivity contribution in [1.82, 2.24) is 5.32 Å². The van der Waals surface area contributed by atoms with Crippen molar-refractivity contribution in [2.75, 3.05) is 6.54 Å². The molecule has 1 aromatic carbocycles. The van der Waals surface area contributed by atoms with Crippen molar-refractivity contribution in [1.29, 1.82) is 0 Å². The van der Waals surface area contributed by atoms with Crippen molar-refractivity contribution in [3.8, 4) is 5.75 Å². The van der Waals surface area contributed by atoms with Gasteiger partial charge in [0.25, 0.3) is 0 Å². The normalized spacial score (nSPS) is 21.1. The molecule has 0 saturated carbocycles. The van der Waals surface area contributed by atoms with Crippen LogP contribution < -0.4 is 15.8 Å². The molecule has 3 N–H and O–H groups in total. The Morgan fingerprint density at radius 3 is 2.78 bits per heavy atom. The van der Waals surface area contributed by atoms with E-state index in [1.54, 1.807) is 0 Å². The lowest BCUT2D eigenvalue weighted by molar-refractivity contribution is -0.154. The molecule has 0 radical (unpaired) electrons. The minimum absolute atomic E-state index is 0.00860. The van der Waals surface area contributed by atoms with Crippen LogP contribution in [0.25, 0.3) is 0 Å². The number of para-hydroxylation sites is 1. The zero-order valence-electron chi connectivity index (χ0n) is 13.7. The summed E-state index contributed by atoms with van der Waals surface area (Å²) in [7, 11) is 0. The van der Waals surface area contributed by atoms with Crippen molar-refractivity contribution in [2.45, 2.75) is 45.4 Å². The summed E-state index contributed by atoms with van der Waals surface area (Å²) in [5, 5.41) is 2.51. The summed E-state index contributed by atoms with van der Waals surface area (Å²) in [4.78, 5) is 23.7. The number of ether oxygens (including phenoxy) is 2. The molecule has 0 fully saturated rings. The predicted molar refractivity (Wildman–Crippen MR) is 85.9 cm³/mol. The van der Waals surface area contributed by atoms with Gasteiger partial charge in [0.2, 0.25) is 5.91 Å². The summed E-state index contributed by atoms with van der Waals surface area (Å²) in [5.41, 5.74) is 6.73. The molecule has 6 nitrogen and oxygen atoms in total. The highest BCUT2D eigenvalue weighted by molar-refractivity contribution is 5.85. The third-order valence-electron chi connectivity index (χ3n) is 3.94. The molecule has 0 spiro atoms. The minimum Gasteiger partial charge on any atom is -0.487 e. The van der Waals surface area contributed by atoms with Gasteiger partial charge in [-0.05, 0) is 24.5 Å². The first-order valence-corrected chi connectivity index (χ1v) is 7.85. The lowest BCUT2D eigenvalue weighted by Crippen LogP contribution is -2.47. The van der Waals surface area contributed by atoms with Gasteiger partial charge in [-0.2, -0.15) is 0 Å². The van der Waals surface area contributed by atoms with Crippen LogP contribution in [0, 0.1) is 5.92 Å². The lowest BCUT2D eigenvalue weighted by atomic mass is 10.0. The maximum absolute atomic E-state index is 11.9. The largest absolute Gasteiger partial charge is 0.487 e. The van der Waals surface area contributed by atoms with Crippen LogP contribution in [-0.2, 0) is 20.7 Å². The van der Waals surface area contributed by atoms with Crippen LogP contribution >= 0.6 is 0 Å². The Hall–Kier alpha value is -2.08. The van der Waals surface area contributed by atoms with E-state index < -0.39 is 12.0 Å². The van der Waals surface area contributed by atoms with E-state index in [1.807, 2.05) is 45.0 Å². The lowest BCUT2D eigenvalue weighted by Gasteiger charge is -2.31. The van der Waals surface area contributed by atoms with Crippen LogP contribution in [0.15, 0.2) is 24.3 Å². The van der Waals surface area contributed by atoms with Crippen LogP contribution in [0.3, 0.4) is 0 Å². The van der Waals surface area contributed by atoms with E-state index in [0.717, 1.165) is 11.3 Å². The van der Waals surface area contributed by atoms with E-state index in [-0.39, 0.29) is 30.6 Å². The predicted octanol–water partition coefficient (Wildman–Crippen LogP) is 1.02. The van der Waals surface area contributed by atoms with E-state index in [1.165, 1.54) is 0 Å². The van der Waals surface area contributed by atoms with Crippen LogP contribution in [0.5, 0.6) is 5.75 Å². The van der Waals surface area contributed by atoms with Gasteiger partial charge in [0.15, 0.2) is 0 Å². The van der Waals surface area contributed by atoms with Crippen LogP contribution in [0.2, 0.25) is 0 Å². The number of hydrogen-bond acceptors (Lipinski definition) is 5. The molecule has 1 aromatic rings. The third-order valence-corrected chi connectivity index (χ3v) is 3.94. The summed E-state index contributed by atoms with van der Waals surface area (Å²) >= 11 is 0. The average Bonchev–Trinajstić information content (AvgIpc) is 2.52. The molecule has 3 atom stereocenters. The summed E-state index contributed by atoms with van der Waals surface area (Å²) in [6, 6.07) is 7.05. The fraction of sp³-hybridized carbons (Fsp3) is 0.529. The van der Waals surface area contributed by atoms with Gasteiger partial charge in [-0.15, -0.1) is 0 Å². The summed E-state index contributed by atoms with van der Waals surface area (Å²) in [6.07, 6.45) is -0.00161. The number of nitrogens with one attached hydrogen (secondary N) is 1. The second-order valence-corrected chi connectivity index (χ2v) is 6.15. The summed E-state index contributed by atoms with van der Waals surface area (Å²) in [5.74, 6) is -0.0119. The Morgan fingerprint density at radius 2 is 2.09 bits per heavy atom. The van der Waals surface area contributed by atoms with Gasteiger partial charge < -0.3 is 20.5 Å². The van der Waals surface area contributed by atoms with E-state index in [9.17, 15) is 9.59 Å². The molecule has 0 aliphatic carbocycles. The molecule has 2 unspecified atom stereocenters. The van der Waals surface area contributed by atoms with Gasteiger partial charge >= 0.3 is 5.97 Å². The zero-order valence-corrected chi connectivity index (χ0v) is 13.7. The number of fused-ring (bicyclic) bond motifs is 1. The van der Waals surface area contributed by atoms with Crippen molar-refractivity contribution in [2.24, 2.45) is 11.7 Å². The minimum atomic E-state index is -0.633. The first-order chi connectivity index (χ1) is 10.9. The number of benzene rings is 1. The van der Waals surface area contributed by atoms with Crippen molar-refractivity contribution < 1.29 is 19.1 Å². The first-order valence-electron chi connectivity index (χ1n) is 7.85. The van der Waals surface area contributed by atoms with Crippen molar-refractivity contribution in [3.63, 3.8) is 0 Å². The van der Waals surface area contributed by atoms with E-state index in [2.05, 4.69) is 5.32 Å². The molecular formula is C17H24N2O4. The summed E-state index contributed by atoms with van der Waals surface area (Å²) in [6.45, 7) is 5.37. The molecule has 0 bridgehead atoms. The van der Waals surface area contributed by atoms with E-state index in [4.69, 9.17) is 15.2 Å². The highest BCUT2D eigenvalue weighted by Gasteiger charge is 2.29. The van der Waals surface area contributed by atoms with Crippen molar-refractivity contribution >= 4 is 11.9 Å². The van der Waals surface area contributed by atoms with Gasteiger partial charge in [-0.1, -0.05) is 32.0 Å². The molecular weight excluding hydrogens is 296 g/mol. The number of nitrogens with two attached hydrogens (primary N) is 1. The SMILES string of the molecule is CC1Oc2ccccc2CC1OC(=O)CNC(=O)[C@@H](N)C(C)C. The van der Waals surface area contributed by atoms with E-state index >= 15 is 0 Å².